The maximum absolute atomic E-state index is 13.2. The molecule has 2 aromatic rings. The molecule has 1 atom stereocenters. The van der Waals surface area contributed by atoms with Crippen LogP contribution in [-0.4, -0.2) is 61.4 Å². The molecule has 0 radical (unpaired) electrons. The quantitative estimate of drug-likeness (QED) is 0.692. The first-order valence-electron chi connectivity index (χ1n) is 10.3. The third-order valence-corrected chi connectivity index (χ3v) is 6.77. The van der Waals surface area contributed by atoms with Crippen LogP contribution in [0.5, 0.6) is 0 Å². The van der Waals surface area contributed by atoms with Crippen LogP contribution in [0.2, 0.25) is 0 Å². The van der Waals surface area contributed by atoms with Crippen molar-refractivity contribution in [3.63, 3.8) is 0 Å². The Bertz CT molecular complexity index is 759. The summed E-state index contributed by atoms with van der Waals surface area (Å²) in [6.07, 6.45) is 4.73. The van der Waals surface area contributed by atoms with Gasteiger partial charge in [-0.15, -0.1) is 11.8 Å². The highest BCUT2D eigenvalue weighted by atomic mass is 32.2. The lowest BCUT2D eigenvalue weighted by Crippen LogP contribution is -2.55. The molecular formula is C23H30FN3S. The largest absolute Gasteiger partial charge is 0.369 e. The Balaban J connectivity index is 1.30. The molecule has 2 aliphatic rings. The molecule has 28 heavy (non-hydrogen) atoms. The number of hydrogen-bond donors (Lipinski definition) is 0. The molecule has 0 spiro atoms. The minimum absolute atomic E-state index is 0.159. The van der Waals surface area contributed by atoms with E-state index < -0.39 is 0 Å². The van der Waals surface area contributed by atoms with Gasteiger partial charge in [-0.3, -0.25) is 9.80 Å². The summed E-state index contributed by atoms with van der Waals surface area (Å²) in [5.41, 5.74) is 2.56. The highest BCUT2D eigenvalue weighted by molar-refractivity contribution is 7.98. The van der Waals surface area contributed by atoms with Gasteiger partial charge in [0.2, 0.25) is 0 Å². The highest BCUT2D eigenvalue weighted by Gasteiger charge is 2.28. The van der Waals surface area contributed by atoms with Crippen LogP contribution in [0.4, 0.5) is 10.1 Å². The molecule has 4 rings (SSSR count). The normalized spacial score (nSPS) is 21.8. The summed E-state index contributed by atoms with van der Waals surface area (Å²) >= 11 is 1.82. The Hall–Kier alpha value is -1.56. The molecule has 5 heteroatoms. The molecule has 0 aliphatic carbocycles. The van der Waals surface area contributed by atoms with Gasteiger partial charge in [-0.25, -0.2) is 4.39 Å². The van der Waals surface area contributed by atoms with Gasteiger partial charge in [-0.1, -0.05) is 12.1 Å². The third kappa shape index (κ3) is 4.88. The molecule has 3 nitrogen and oxygen atoms in total. The maximum atomic E-state index is 13.2. The Morgan fingerprint density at radius 3 is 2.54 bits per heavy atom. The van der Waals surface area contributed by atoms with E-state index in [-0.39, 0.29) is 5.82 Å². The van der Waals surface area contributed by atoms with Crippen LogP contribution >= 0.6 is 11.8 Å². The van der Waals surface area contributed by atoms with Crippen LogP contribution in [0.1, 0.15) is 18.4 Å². The number of halogens is 1. The number of hydrogen-bond acceptors (Lipinski definition) is 4. The topological polar surface area (TPSA) is 9.72 Å². The van der Waals surface area contributed by atoms with Crippen molar-refractivity contribution >= 4 is 17.4 Å². The Labute approximate surface area is 172 Å². The van der Waals surface area contributed by atoms with E-state index in [1.807, 2.05) is 23.9 Å². The first-order valence-corrected chi connectivity index (χ1v) is 11.5. The molecule has 0 aromatic heterocycles. The number of likely N-dealkylation sites (tertiary alicyclic amines) is 1. The Morgan fingerprint density at radius 1 is 1.00 bits per heavy atom. The fraction of sp³-hybridized carbons (Fsp3) is 0.478. The lowest BCUT2D eigenvalue weighted by atomic mass is 10.0. The van der Waals surface area contributed by atoms with Crippen molar-refractivity contribution in [2.45, 2.75) is 30.3 Å². The highest BCUT2D eigenvalue weighted by Crippen LogP contribution is 2.23. The van der Waals surface area contributed by atoms with E-state index in [1.54, 1.807) is 12.1 Å². The zero-order chi connectivity index (χ0) is 19.3. The summed E-state index contributed by atoms with van der Waals surface area (Å²) in [6.45, 7) is 7.67. The lowest BCUT2D eigenvalue weighted by molar-refractivity contribution is 0.0887. The van der Waals surface area contributed by atoms with Gasteiger partial charge in [0.05, 0.1) is 0 Å². The molecular weight excluding hydrogens is 369 g/mol. The second-order valence-electron chi connectivity index (χ2n) is 7.88. The number of piperazine rings is 1. The molecule has 0 bridgehead atoms. The van der Waals surface area contributed by atoms with E-state index in [1.165, 1.54) is 36.4 Å². The van der Waals surface area contributed by atoms with Gasteiger partial charge < -0.3 is 4.90 Å². The van der Waals surface area contributed by atoms with Crippen molar-refractivity contribution in [1.82, 2.24) is 9.80 Å². The van der Waals surface area contributed by atoms with Gasteiger partial charge >= 0.3 is 0 Å². The van der Waals surface area contributed by atoms with E-state index in [0.29, 0.717) is 6.04 Å². The van der Waals surface area contributed by atoms with Gasteiger partial charge in [-0.2, -0.15) is 0 Å². The zero-order valence-electron chi connectivity index (χ0n) is 16.7. The number of benzene rings is 2. The third-order valence-electron chi connectivity index (χ3n) is 6.04. The van der Waals surface area contributed by atoms with E-state index in [0.717, 1.165) is 38.4 Å². The van der Waals surface area contributed by atoms with Gasteiger partial charge in [0, 0.05) is 55.9 Å². The number of thioether (sulfide) groups is 1. The smallest absolute Gasteiger partial charge is 0.123 e. The number of nitrogens with zero attached hydrogens (tertiary/aromatic N) is 3. The summed E-state index contributed by atoms with van der Waals surface area (Å²) in [7, 11) is 0. The SMILES string of the molecule is CSc1cccc(CN2CCC[C@@H](N3CCN(c4ccc(F)cc4)CC3)C2)c1. The summed E-state index contributed by atoms with van der Waals surface area (Å²) < 4.78 is 13.2. The molecule has 0 amide bonds. The molecule has 2 aromatic carbocycles. The van der Waals surface area contributed by atoms with E-state index in [9.17, 15) is 4.39 Å². The van der Waals surface area contributed by atoms with Crippen LogP contribution in [0, 0.1) is 5.82 Å². The van der Waals surface area contributed by atoms with E-state index in [2.05, 4.69) is 45.2 Å². The average Bonchev–Trinajstić information content (AvgIpc) is 2.75. The minimum Gasteiger partial charge on any atom is -0.369 e. The van der Waals surface area contributed by atoms with Crippen molar-refractivity contribution in [1.29, 1.82) is 0 Å². The van der Waals surface area contributed by atoms with Crippen LogP contribution < -0.4 is 4.90 Å². The van der Waals surface area contributed by atoms with Crippen LogP contribution in [0.25, 0.3) is 0 Å². The first-order chi connectivity index (χ1) is 13.7. The molecule has 0 N–H and O–H groups in total. The standard InChI is InChI=1S/C23H30FN3S/c1-28-23-6-2-4-19(16-23)17-25-11-3-5-22(18-25)27-14-12-26(13-15-27)21-9-7-20(24)8-10-21/h2,4,6-10,16,22H,3,5,11-15,17-18H2,1H3/t22-/m1/s1. The van der Waals surface area contributed by atoms with Gasteiger partial charge in [0.25, 0.3) is 0 Å². The molecule has 2 heterocycles. The molecule has 0 unspecified atom stereocenters. The second-order valence-corrected chi connectivity index (χ2v) is 8.76. The Kier molecular flexibility index (Phi) is 6.55. The van der Waals surface area contributed by atoms with Crippen molar-refractivity contribution in [3.05, 3.63) is 59.9 Å². The summed E-state index contributed by atoms with van der Waals surface area (Å²) in [5, 5.41) is 0. The van der Waals surface area contributed by atoms with Gasteiger partial charge in [0.1, 0.15) is 5.82 Å². The van der Waals surface area contributed by atoms with Crippen molar-refractivity contribution in [3.8, 4) is 0 Å². The maximum Gasteiger partial charge on any atom is 0.123 e. The van der Waals surface area contributed by atoms with Crippen LogP contribution in [-0.2, 0) is 6.54 Å². The fourth-order valence-corrected chi connectivity index (χ4v) is 4.98. The lowest BCUT2D eigenvalue weighted by Gasteiger charge is -2.44. The van der Waals surface area contributed by atoms with E-state index >= 15 is 0 Å². The minimum atomic E-state index is -0.159. The number of anilines is 1. The van der Waals surface area contributed by atoms with E-state index in [4.69, 9.17) is 0 Å². The first kappa shape index (κ1) is 19.7. The second kappa shape index (κ2) is 9.29. The Morgan fingerprint density at radius 2 is 1.79 bits per heavy atom. The van der Waals surface area contributed by atoms with Gasteiger partial charge in [-0.05, 0) is 67.6 Å². The van der Waals surface area contributed by atoms with Crippen molar-refractivity contribution in [2.24, 2.45) is 0 Å². The summed E-state index contributed by atoms with van der Waals surface area (Å²) in [6, 6.07) is 16.5. The fourth-order valence-electron chi connectivity index (χ4n) is 4.50. The molecule has 2 saturated heterocycles. The number of rotatable bonds is 5. The molecule has 2 fully saturated rings. The monoisotopic (exact) mass is 399 g/mol. The van der Waals surface area contributed by atoms with Crippen molar-refractivity contribution < 1.29 is 4.39 Å². The number of piperidine rings is 1. The molecule has 0 saturated carbocycles. The van der Waals surface area contributed by atoms with Crippen LogP contribution in [0.15, 0.2) is 53.4 Å². The average molecular weight is 400 g/mol. The summed E-state index contributed by atoms with van der Waals surface area (Å²) in [5.74, 6) is -0.159. The summed E-state index contributed by atoms with van der Waals surface area (Å²) in [4.78, 5) is 9.03. The molecule has 2 aliphatic heterocycles. The zero-order valence-corrected chi connectivity index (χ0v) is 17.5. The van der Waals surface area contributed by atoms with Gasteiger partial charge in [0.15, 0.2) is 0 Å². The van der Waals surface area contributed by atoms with Crippen LogP contribution in [0.3, 0.4) is 0 Å². The predicted molar refractivity (Wildman–Crippen MR) is 117 cm³/mol. The predicted octanol–water partition coefficient (Wildman–Crippen LogP) is 4.33. The molecule has 150 valence electrons. The van der Waals surface area contributed by atoms with Crippen molar-refractivity contribution in [2.75, 3.05) is 50.4 Å².